The highest BCUT2D eigenvalue weighted by molar-refractivity contribution is 5.85. The van der Waals surface area contributed by atoms with E-state index in [4.69, 9.17) is 18.9 Å². The average molecular weight is 338 g/mol. The molecule has 2 unspecified atom stereocenters. The zero-order chi connectivity index (χ0) is 17.1. The molecule has 2 atom stereocenters. The van der Waals surface area contributed by atoms with E-state index in [9.17, 15) is 0 Å². The van der Waals surface area contributed by atoms with E-state index in [1.165, 1.54) is 34.2 Å². The van der Waals surface area contributed by atoms with E-state index >= 15 is 0 Å². The Bertz CT molecular complexity index is 871. The molecule has 2 aromatic carbocycles. The second kappa shape index (κ2) is 5.32. The first kappa shape index (κ1) is 14.9. The minimum Gasteiger partial charge on any atom is -0.493 e. The van der Waals surface area contributed by atoms with Gasteiger partial charge in [0.15, 0.2) is 23.0 Å². The van der Waals surface area contributed by atoms with Crippen LogP contribution in [0.1, 0.15) is 36.0 Å². The Labute approximate surface area is 147 Å². The minimum absolute atomic E-state index is 0.297. The molecule has 0 saturated heterocycles. The molecule has 0 N–H and O–H groups in total. The predicted octanol–water partition coefficient (Wildman–Crippen LogP) is 4.32. The van der Waals surface area contributed by atoms with E-state index in [1.807, 2.05) is 0 Å². The second-order valence-corrected chi connectivity index (χ2v) is 7.25. The van der Waals surface area contributed by atoms with Gasteiger partial charge in [-0.3, -0.25) is 0 Å². The Hall–Kier alpha value is -2.36. The summed E-state index contributed by atoms with van der Waals surface area (Å²) in [5.41, 5.74) is 6.55. The van der Waals surface area contributed by atoms with Crippen molar-refractivity contribution in [2.75, 3.05) is 21.0 Å². The Morgan fingerprint density at radius 2 is 1.80 bits per heavy atom. The summed E-state index contributed by atoms with van der Waals surface area (Å²) in [5, 5.41) is 0. The second-order valence-electron chi connectivity index (χ2n) is 7.25. The van der Waals surface area contributed by atoms with Crippen molar-refractivity contribution in [2.24, 2.45) is 5.92 Å². The summed E-state index contributed by atoms with van der Waals surface area (Å²) in [6, 6.07) is 6.44. The maximum absolute atomic E-state index is 5.82. The molecule has 130 valence electrons. The van der Waals surface area contributed by atoms with Gasteiger partial charge in [-0.2, -0.15) is 0 Å². The fourth-order valence-electron chi connectivity index (χ4n) is 4.75. The molecule has 0 saturated carbocycles. The average Bonchev–Trinajstić information content (AvgIpc) is 3.09. The lowest BCUT2D eigenvalue weighted by molar-refractivity contribution is 0.174. The van der Waals surface area contributed by atoms with Gasteiger partial charge in [-0.05, 0) is 71.6 Å². The summed E-state index contributed by atoms with van der Waals surface area (Å²) in [6.45, 7) is 2.66. The third-order valence-corrected chi connectivity index (χ3v) is 6.03. The summed E-state index contributed by atoms with van der Waals surface area (Å²) in [4.78, 5) is 0. The summed E-state index contributed by atoms with van der Waals surface area (Å²) in [7, 11) is 3.44. The van der Waals surface area contributed by atoms with E-state index in [0.29, 0.717) is 18.6 Å². The van der Waals surface area contributed by atoms with Gasteiger partial charge in [-0.25, -0.2) is 0 Å². The largest absolute Gasteiger partial charge is 0.493 e. The molecule has 1 aliphatic heterocycles. The van der Waals surface area contributed by atoms with Crippen LogP contribution < -0.4 is 18.9 Å². The van der Waals surface area contributed by atoms with Crippen molar-refractivity contribution in [3.63, 3.8) is 0 Å². The van der Waals surface area contributed by atoms with Crippen LogP contribution in [0.5, 0.6) is 23.0 Å². The molecule has 3 aliphatic rings. The maximum Gasteiger partial charge on any atom is 0.231 e. The number of rotatable bonds is 2. The van der Waals surface area contributed by atoms with Crippen LogP contribution >= 0.6 is 0 Å². The molecule has 25 heavy (non-hydrogen) atoms. The van der Waals surface area contributed by atoms with E-state index in [1.54, 1.807) is 14.2 Å². The number of fused-ring (bicyclic) bond motifs is 3. The molecule has 0 spiro atoms. The van der Waals surface area contributed by atoms with Crippen molar-refractivity contribution < 1.29 is 18.9 Å². The van der Waals surface area contributed by atoms with Gasteiger partial charge >= 0.3 is 0 Å². The van der Waals surface area contributed by atoms with E-state index in [-0.39, 0.29) is 0 Å². The lowest BCUT2D eigenvalue weighted by Gasteiger charge is -2.38. The third kappa shape index (κ3) is 2.00. The smallest absolute Gasteiger partial charge is 0.231 e. The monoisotopic (exact) mass is 338 g/mol. The highest BCUT2D eigenvalue weighted by Gasteiger charge is 2.38. The summed E-state index contributed by atoms with van der Waals surface area (Å²) < 4.78 is 22.7. The first-order chi connectivity index (χ1) is 12.2. The summed E-state index contributed by atoms with van der Waals surface area (Å²) in [5.74, 6) is 4.50. The zero-order valence-corrected chi connectivity index (χ0v) is 14.8. The molecule has 5 rings (SSSR count). The van der Waals surface area contributed by atoms with Crippen LogP contribution in [0.4, 0.5) is 0 Å². The van der Waals surface area contributed by atoms with Gasteiger partial charge in [0.05, 0.1) is 14.2 Å². The Kier molecular flexibility index (Phi) is 3.18. The molecule has 4 heteroatoms. The molecule has 0 aromatic heterocycles. The molecule has 2 aliphatic carbocycles. The summed E-state index contributed by atoms with van der Waals surface area (Å²) >= 11 is 0. The van der Waals surface area contributed by atoms with E-state index in [0.717, 1.165) is 35.8 Å². The molecule has 0 amide bonds. The molecule has 1 heterocycles. The van der Waals surface area contributed by atoms with Crippen LogP contribution in [-0.2, 0) is 12.8 Å². The number of hydrogen-bond acceptors (Lipinski definition) is 4. The highest BCUT2D eigenvalue weighted by atomic mass is 16.7. The number of aryl methyl sites for hydroxylation is 1. The Balaban J connectivity index is 1.85. The first-order valence-electron chi connectivity index (χ1n) is 8.92. The lowest BCUT2D eigenvalue weighted by atomic mass is 9.66. The van der Waals surface area contributed by atoms with Crippen LogP contribution in [0.3, 0.4) is 0 Å². The molecule has 0 bridgehead atoms. The van der Waals surface area contributed by atoms with Crippen LogP contribution in [-0.4, -0.2) is 21.0 Å². The van der Waals surface area contributed by atoms with Gasteiger partial charge in [0, 0.05) is 5.56 Å². The topological polar surface area (TPSA) is 36.9 Å². The van der Waals surface area contributed by atoms with Crippen molar-refractivity contribution >= 4 is 0 Å². The van der Waals surface area contributed by atoms with Crippen molar-refractivity contribution in [3.05, 3.63) is 34.9 Å². The SMILES string of the molecule is COc1cc2c3c(c1OC)-c1cc4c(cc1CC3C(C)CC2)OCO4. The van der Waals surface area contributed by atoms with Gasteiger partial charge in [0.1, 0.15) is 0 Å². The maximum atomic E-state index is 5.82. The number of methoxy groups -OCH3 is 2. The van der Waals surface area contributed by atoms with Gasteiger partial charge < -0.3 is 18.9 Å². The normalized spacial score (nSPS) is 22.2. The van der Waals surface area contributed by atoms with Crippen molar-refractivity contribution in [1.29, 1.82) is 0 Å². The molecule has 4 nitrogen and oxygen atoms in total. The molecule has 0 fully saturated rings. The van der Waals surface area contributed by atoms with Crippen LogP contribution in [0.25, 0.3) is 11.1 Å². The fourth-order valence-corrected chi connectivity index (χ4v) is 4.75. The quantitative estimate of drug-likeness (QED) is 0.817. The minimum atomic E-state index is 0.297. The van der Waals surface area contributed by atoms with E-state index < -0.39 is 0 Å². The van der Waals surface area contributed by atoms with Crippen molar-refractivity contribution in [1.82, 2.24) is 0 Å². The molecular weight excluding hydrogens is 316 g/mol. The van der Waals surface area contributed by atoms with Gasteiger partial charge in [-0.15, -0.1) is 0 Å². The summed E-state index contributed by atoms with van der Waals surface area (Å²) in [6.07, 6.45) is 3.36. The van der Waals surface area contributed by atoms with Gasteiger partial charge in [0.25, 0.3) is 0 Å². The van der Waals surface area contributed by atoms with Crippen LogP contribution in [0, 0.1) is 5.92 Å². The van der Waals surface area contributed by atoms with Crippen LogP contribution in [0.2, 0.25) is 0 Å². The standard InChI is InChI=1S/C21H22O4/c1-11-4-5-12-7-18(22-2)21(23-3)20-15-9-17-16(24-10-25-17)8-13(15)6-14(11)19(12)20/h7-9,11,14H,4-6,10H2,1-3H3. The lowest BCUT2D eigenvalue weighted by Crippen LogP contribution is -2.25. The van der Waals surface area contributed by atoms with Crippen LogP contribution in [0.15, 0.2) is 18.2 Å². The third-order valence-electron chi connectivity index (χ3n) is 6.03. The van der Waals surface area contributed by atoms with E-state index in [2.05, 4.69) is 25.1 Å². The van der Waals surface area contributed by atoms with Gasteiger partial charge in [-0.1, -0.05) is 6.92 Å². The van der Waals surface area contributed by atoms with Crippen molar-refractivity contribution in [3.8, 4) is 34.1 Å². The molecular formula is C21H22O4. The number of benzene rings is 2. The Morgan fingerprint density at radius 1 is 1.00 bits per heavy atom. The zero-order valence-electron chi connectivity index (χ0n) is 14.8. The predicted molar refractivity (Wildman–Crippen MR) is 95.0 cm³/mol. The first-order valence-corrected chi connectivity index (χ1v) is 8.92. The molecule has 0 radical (unpaired) electrons. The fraction of sp³-hybridized carbons (Fsp3) is 0.429. The van der Waals surface area contributed by atoms with Crippen molar-refractivity contribution in [2.45, 2.75) is 32.1 Å². The number of hydrogen-bond donors (Lipinski definition) is 0. The molecule has 2 aromatic rings. The van der Waals surface area contributed by atoms with Gasteiger partial charge in [0.2, 0.25) is 6.79 Å². The Morgan fingerprint density at radius 3 is 2.56 bits per heavy atom. The highest BCUT2D eigenvalue weighted by Crippen LogP contribution is 2.56. The number of ether oxygens (including phenoxy) is 4.